The van der Waals surface area contributed by atoms with E-state index in [1.165, 1.54) is 24.3 Å². The van der Waals surface area contributed by atoms with Crippen molar-refractivity contribution >= 4 is 44.8 Å². The molecular formula is C23H19ClN2O5S. The fraction of sp³-hybridized carbons (Fsp3) is 0.130. The molecule has 0 aliphatic carbocycles. The van der Waals surface area contributed by atoms with E-state index in [1.54, 1.807) is 36.4 Å². The number of sulfonamides is 1. The quantitative estimate of drug-likeness (QED) is 0.581. The van der Waals surface area contributed by atoms with Crippen LogP contribution in [0.25, 0.3) is 0 Å². The van der Waals surface area contributed by atoms with Gasteiger partial charge in [0.15, 0.2) is 0 Å². The molecule has 1 aliphatic rings. The normalized spacial score (nSPS) is 14.9. The van der Waals surface area contributed by atoms with Gasteiger partial charge in [-0.2, -0.15) is 0 Å². The van der Waals surface area contributed by atoms with E-state index < -0.39 is 15.9 Å². The van der Waals surface area contributed by atoms with E-state index in [9.17, 15) is 18.0 Å². The second-order valence-corrected chi connectivity index (χ2v) is 9.54. The van der Waals surface area contributed by atoms with Crippen LogP contribution in [0.1, 0.15) is 22.3 Å². The third-order valence-electron chi connectivity index (χ3n) is 4.87. The zero-order valence-corrected chi connectivity index (χ0v) is 18.4. The van der Waals surface area contributed by atoms with Crippen LogP contribution in [0.2, 0.25) is 5.02 Å². The molecule has 1 N–H and O–H groups in total. The molecule has 164 valence electrons. The first-order valence-electron chi connectivity index (χ1n) is 9.76. The van der Waals surface area contributed by atoms with Gasteiger partial charge in [0, 0.05) is 22.7 Å². The minimum Gasteiger partial charge on any atom is -0.489 e. The summed E-state index contributed by atoms with van der Waals surface area (Å²) in [4.78, 5) is 24.4. The number of carbonyl (C=O) groups excluding carboxylic acids is 2. The summed E-state index contributed by atoms with van der Waals surface area (Å²) in [5, 5.41) is 3.44. The molecule has 0 atom stereocenters. The number of halogens is 1. The van der Waals surface area contributed by atoms with Gasteiger partial charge in [0.2, 0.25) is 15.9 Å². The van der Waals surface area contributed by atoms with E-state index in [-0.39, 0.29) is 23.8 Å². The summed E-state index contributed by atoms with van der Waals surface area (Å²) < 4.78 is 30.5. The first kappa shape index (κ1) is 21.9. The zero-order valence-electron chi connectivity index (χ0n) is 16.8. The number of carbonyl (C=O) groups is 2. The van der Waals surface area contributed by atoms with E-state index in [2.05, 4.69) is 5.32 Å². The van der Waals surface area contributed by atoms with Gasteiger partial charge in [-0.25, -0.2) is 12.7 Å². The highest BCUT2D eigenvalue weighted by molar-refractivity contribution is 7.94. The van der Waals surface area contributed by atoms with Crippen LogP contribution in [0, 0.1) is 0 Å². The second kappa shape index (κ2) is 9.02. The molecule has 32 heavy (non-hydrogen) atoms. The van der Waals surface area contributed by atoms with Crippen molar-refractivity contribution in [1.82, 2.24) is 0 Å². The van der Waals surface area contributed by atoms with Crippen molar-refractivity contribution in [2.24, 2.45) is 0 Å². The number of nitrogens with zero attached hydrogens (tertiary/aromatic N) is 1. The molecule has 4 rings (SSSR count). The number of hydrogen-bond donors (Lipinski definition) is 1. The third-order valence-corrected chi connectivity index (χ3v) is 6.82. The molecule has 2 amide bonds. The van der Waals surface area contributed by atoms with Gasteiger partial charge in [-0.05, 0) is 66.2 Å². The fourth-order valence-electron chi connectivity index (χ4n) is 3.20. The smallest absolute Gasteiger partial charge is 0.255 e. The van der Waals surface area contributed by atoms with Crippen LogP contribution in [0.3, 0.4) is 0 Å². The van der Waals surface area contributed by atoms with Gasteiger partial charge in [-0.1, -0.05) is 23.7 Å². The van der Waals surface area contributed by atoms with Gasteiger partial charge >= 0.3 is 0 Å². The van der Waals surface area contributed by atoms with Crippen molar-refractivity contribution in [3.05, 3.63) is 88.9 Å². The van der Waals surface area contributed by atoms with E-state index in [4.69, 9.17) is 16.3 Å². The van der Waals surface area contributed by atoms with Crippen molar-refractivity contribution in [3.8, 4) is 5.75 Å². The molecule has 7 nitrogen and oxygen atoms in total. The molecule has 0 bridgehead atoms. The fourth-order valence-corrected chi connectivity index (χ4v) is 4.79. The molecule has 3 aromatic carbocycles. The number of hydrogen-bond acceptors (Lipinski definition) is 5. The van der Waals surface area contributed by atoms with E-state index in [1.807, 2.05) is 12.1 Å². The summed E-state index contributed by atoms with van der Waals surface area (Å²) in [6.07, 6.45) is -0.0377. The van der Waals surface area contributed by atoms with E-state index in [0.717, 1.165) is 9.87 Å². The minimum atomic E-state index is -3.63. The van der Waals surface area contributed by atoms with Crippen LogP contribution in [0.15, 0.2) is 72.8 Å². The monoisotopic (exact) mass is 470 g/mol. The maximum absolute atomic E-state index is 12.5. The Kier molecular flexibility index (Phi) is 6.16. The van der Waals surface area contributed by atoms with Gasteiger partial charge in [-0.15, -0.1) is 0 Å². The molecular weight excluding hydrogens is 452 g/mol. The summed E-state index contributed by atoms with van der Waals surface area (Å²) in [5.74, 6) is -0.380. The number of rotatable bonds is 6. The molecule has 1 saturated heterocycles. The van der Waals surface area contributed by atoms with Crippen LogP contribution in [0.5, 0.6) is 5.75 Å². The topological polar surface area (TPSA) is 92.8 Å². The molecule has 0 aromatic heterocycles. The molecule has 1 aliphatic heterocycles. The maximum atomic E-state index is 12.5. The van der Waals surface area contributed by atoms with Gasteiger partial charge in [0.1, 0.15) is 12.4 Å². The largest absolute Gasteiger partial charge is 0.489 e. The Hall–Kier alpha value is -3.36. The van der Waals surface area contributed by atoms with Crippen LogP contribution >= 0.6 is 11.6 Å². The lowest BCUT2D eigenvalue weighted by Gasteiger charge is -2.15. The number of anilines is 2. The highest BCUT2D eigenvalue weighted by Gasteiger charge is 2.36. The molecule has 0 unspecified atom stereocenters. The average Bonchev–Trinajstić information content (AvgIpc) is 3.06. The number of ether oxygens (including phenoxy) is 1. The number of benzene rings is 3. The number of amides is 2. The predicted molar refractivity (Wildman–Crippen MR) is 123 cm³/mol. The standard InChI is InChI=1S/C23H19ClN2O5S/c24-18-5-1-16(2-6-18)15-31-21-11-7-19(8-12-21)25-23(28)17-3-9-20(10-4-17)26-22(27)13-14-32(26,29)30/h1-12H,13-15H2,(H,25,28). The van der Waals surface area contributed by atoms with Crippen molar-refractivity contribution in [3.63, 3.8) is 0 Å². The Labute approximate surface area is 190 Å². The van der Waals surface area contributed by atoms with E-state index >= 15 is 0 Å². The summed E-state index contributed by atoms with van der Waals surface area (Å²) in [6, 6.07) is 20.2. The Morgan fingerprint density at radius 2 is 1.62 bits per heavy atom. The van der Waals surface area contributed by atoms with Crippen molar-refractivity contribution in [2.75, 3.05) is 15.4 Å². The van der Waals surface area contributed by atoms with Crippen LogP contribution in [-0.4, -0.2) is 26.0 Å². The molecule has 1 fully saturated rings. The van der Waals surface area contributed by atoms with Gasteiger partial charge < -0.3 is 10.1 Å². The first-order chi connectivity index (χ1) is 15.3. The number of nitrogens with one attached hydrogen (secondary N) is 1. The van der Waals surface area contributed by atoms with Crippen molar-refractivity contribution in [2.45, 2.75) is 13.0 Å². The lowest BCUT2D eigenvalue weighted by molar-refractivity contribution is -0.116. The summed E-state index contributed by atoms with van der Waals surface area (Å²) in [7, 11) is -3.63. The van der Waals surface area contributed by atoms with Crippen LogP contribution in [0.4, 0.5) is 11.4 Å². The molecule has 3 aromatic rings. The Morgan fingerprint density at radius 3 is 2.22 bits per heavy atom. The van der Waals surface area contributed by atoms with Crippen LogP contribution < -0.4 is 14.4 Å². The Morgan fingerprint density at radius 1 is 0.969 bits per heavy atom. The molecule has 0 spiro atoms. The lowest BCUT2D eigenvalue weighted by atomic mass is 10.2. The first-order valence-corrected chi connectivity index (χ1v) is 11.8. The predicted octanol–water partition coefficient (Wildman–Crippen LogP) is 4.24. The molecule has 0 saturated carbocycles. The van der Waals surface area contributed by atoms with Crippen LogP contribution in [-0.2, 0) is 21.4 Å². The Balaban J connectivity index is 1.36. The SMILES string of the molecule is O=C(Nc1ccc(OCc2ccc(Cl)cc2)cc1)c1ccc(N2C(=O)CCS2(=O)=O)cc1. The Bertz CT molecular complexity index is 1240. The molecule has 1 heterocycles. The summed E-state index contributed by atoms with van der Waals surface area (Å²) in [6.45, 7) is 0.393. The van der Waals surface area contributed by atoms with Crippen molar-refractivity contribution in [1.29, 1.82) is 0 Å². The summed E-state index contributed by atoms with van der Waals surface area (Å²) >= 11 is 5.87. The van der Waals surface area contributed by atoms with E-state index in [0.29, 0.717) is 28.6 Å². The summed E-state index contributed by atoms with van der Waals surface area (Å²) in [5.41, 5.74) is 2.13. The minimum absolute atomic E-state index is 0.0377. The van der Waals surface area contributed by atoms with Gasteiger partial charge in [-0.3, -0.25) is 9.59 Å². The average molecular weight is 471 g/mol. The molecule has 0 radical (unpaired) electrons. The maximum Gasteiger partial charge on any atom is 0.255 e. The third kappa shape index (κ3) is 4.92. The van der Waals surface area contributed by atoms with Crippen molar-refractivity contribution < 1.29 is 22.7 Å². The highest BCUT2D eigenvalue weighted by atomic mass is 35.5. The zero-order chi connectivity index (χ0) is 22.7. The van der Waals surface area contributed by atoms with Gasteiger partial charge in [0.05, 0.1) is 11.4 Å². The molecule has 9 heteroatoms. The van der Waals surface area contributed by atoms with Gasteiger partial charge in [0.25, 0.3) is 5.91 Å². The highest BCUT2D eigenvalue weighted by Crippen LogP contribution is 2.25. The second-order valence-electron chi connectivity index (χ2n) is 7.16. The lowest BCUT2D eigenvalue weighted by Crippen LogP contribution is -2.29.